The number of ether oxygens (including phenoxy) is 1. The molecule has 1 saturated heterocycles. The normalized spacial score (nSPS) is 14.6. The van der Waals surface area contributed by atoms with Crippen LogP contribution in [0.5, 0.6) is 5.75 Å². The highest BCUT2D eigenvalue weighted by Crippen LogP contribution is 2.25. The van der Waals surface area contributed by atoms with Crippen molar-refractivity contribution in [1.29, 1.82) is 0 Å². The molecule has 1 amide bonds. The Hall–Kier alpha value is -2.40. The van der Waals surface area contributed by atoms with Crippen LogP contribution in [0.1, 0.15) is 10.4 Å². The topological polar surface area (TPSA) is 49.8 Å². The number of benzene rings is 2. The summed E-state index contributed by atoms with van der Waals surface area (Å²) in [4.78, 5) is 13.5. The number of aliphatic hydroxyl groups excluding tert-OH is 1. The lowest BCUT2D eigenvalue weighted by molar-refractivity contribution is 0.00559. The van der Waals surface area contributed by atoms with E-state index in [2.05, 4.69) is 0 Å². The molecule has 4 nitrogen and oxygen atoms in total. The van der Waals surface area contributed by atoms with E-state index in [0.717, 1.165) is 11.3 Å². The molecule has 114 valence electrons. The largest absolute Gasteiger partial charge is 0.497 e. The zero-order valence-corrected chi connectivity index (χ0v) is 12.1. The Morgan fingerprint density at radius 1 is 1.18 bits per heavy atom. The van der Waals surface area contributed by atoms with Gasteiger partial charge in [-0.3, -0.25) is 4.79 Å². The second kappa shape index (κ2) is 5.77. The monoisotopic (exact) mass is 301 g/mol. The lowest BCUT2D eigenvalue weighted by Crippen LogP contribution is -2.53. The number of rotatable bonds is 3. The van der Waals surface area contributed by atoms with Gasteiger partial charge >= 0.3 is 0 Å². The standard InChI is InChI=1S/C17H16FNO3/c1-22-14-5-2-11(3-6-14)12-4-7-15(16(18)8-12)17(21)19-9-13(20)10-19/h2-8,13,20H,9-10H2,1H3. The van der Waals surface area contributed by atoms with Crippen LogP contribution in [0.15, 0.2) is 42.5 Å². The maximum absolute atomic E-state index is 14.2. The first-order chi connectivity index (χ1) is 10.6. The van der Waals surface area contributed by atoms with E-state index in [1.54, 1.807) is 25.3 Å². The van der Waals surface area contributed by atoms with Gasteiger partial charge in [-0.2, -0.15) is 0 Å². The number of hydrogen-bond acceptors (Lipinski definition) is 3. The van der Waals surface area contributed by atoms with Crippen LogP contribution in [-0.2, 0) is 0 Å². The molecule has 1 aliphatic rings. The molecule has 1 fully saturated rings. The van der Waals surface area contributed by atoms with Gasteiger partial charge in [-0.05, 0) is 35.4 Å². The summed E-state index contributed by atoms with van der Waals surface area (Å²) in [6.45, 7) is 0.525. The smallest absolute Gasteiger partial charge is 0.257 e. The highest BCUT2D eigenvalue weighted by atomic mass is 19.1. The SMILES string of the molecule is COc1ccc(-c2ccc(C(=O)N3CC(O)C3)c(F)c2)cc1. The third-order valence-electron chi connectivity index (χ3n) is 3.77. The van der Waals surface area contributed by atoms with E-state index >= 15 is 0 Å². The van der Waals surface area contributed by atoms with Crippen LogP contribution < -0.4 is 4.74 Å². The molecule has 0 spiro atoms. The summed E-state index contributed by atoms with van der Waals surface area (Å²) in [5, 5.41) is 9.22. The number of aliphatic hydroxyl groups is 1. The molecule has 0 saturated carbocycles. The van der Waals surface area contributed by atoms with Crippen molar-refractivity contribution >= 4 is 5.91 Å². The molecular weight excluding hydrogens is 285 g/mol. The summed E-state index contributed by atoms with van der Waals surface area (Å²) in [5.41, 5.74) is 1.57. The lowest BCUT2D eigenvalue weighted by atomic mass is 10.0. The van der Waals surface area contributed by atoms with Crippen LogP contribution in [0, 0.1) is 5.82 Å². The number of carbonyl (C=O) groups is 1. The fourth-order valence-electron chi connectivity index (χ4n) is 2.44. The summed E-state index contributed by atoms with van der Waals surface area (Å²) in [5.74, 6) is -0.212. The molecule has 0 aliphatic carbocycles. The second-order valence-electron chi connectivity index (χ2n) is 5.29. The van der Waals surface area contributed by atoms with Gasteiger partial charge in [-0.25, -0.2) is 4.39 Å². The first-order valence-electron chi connectivity index (χ1n) is 7.00. The third-order valence-corrected chi connectivity index (χ3v) is 3.77. The lowest BCUT2D eigenvalue weighted by Gasteiger charge is -2.35. The number of halogens is 1. The number of methoxy groups -OCH3 is 1. The maximum atomic E-state index is 14.2. The molecule has 2 aromatic carbocycles. The highest BCUT2D eigenvalue weighted by Gasteiger charge is 2.30. The van der Waals surface area contributed by atoms with Gasteiger partial charge in [0.15, 0.2) is 0 Å². The predicted molar refractivity (Wildman–Crippen MR) is 80.3 cm³/mol. The molecule has 0 aromatic heterocycles. The summed E-state index contributed by atoms with van der Waals surface area (Å²) >= 11 is 0. The minimum atomic E-state index is -0.556. The molecule has 0 atom stereocenters. The Morgan fingerprint density at radius 2 is 1.82 bits per heavy atom. The van der Waals surface area contributed by atoms with Crippen molar-refractivity contribution in [2.24, 2.45) is 0 Å². The van der Waals surface area contributed by atoms with Gasteiger partial charge in [0.05, 0.1) is 18.8 Å². The van der Waals surface area contributed by atoms with Gasteiger partial charge < -0.3 is 14.7 Å². The Labute approximate surface area is 127 Å². The average molecular weight is 301 g/mol. The van der Waals surface area contributed by atoms with Crippen LogP contribution in [0.2, 0.25) is 0 Å². The van der Waals surface area contributed by atoms with E-state index in [1.165, 1.54) is 17.0 Å². The van der Waals surface area contributed by atoms with Crippen molar-refractivity contribution in [2.45, 2.75) is 6.10 Å². The zero-order chi connectivity index (χ0) is 15.7. The van der Waals surface area contributed by atoms with Crippen LogP contribution in [0.3, 0.4) is 0 Å². The van der Waals surface area contributed by atoms with Crippen molar-refractivity contribution in [3.8, 4) is 16.9 Å². The fourth-order valence-corrected chi connectivity index (χ4v) is 2.44. The molecule has 2 aromatic rings. The van der Waals surface area contributed by atoms with Crippen molar-refractivity contribution in [3.05, 3.63) is 53.8 Å². The van der Waals surface area contributed by atoms with Crippen LogP contribution in [0.25, 0.3) is 11.1 Å². The molecular formula is C17H16FNO3. The Kier molecular flexibility index (Phi) is 3.81. The molecule has 3 rings (SSSR count). The highest BCUT2D eigenvalue weighted by molar-refractivity contribution is 5.95. The van der Waals surface area contributed by atoms with Gasteiger partial charge in [0.2, 0.25) is 0 Å². The Bertz CT molecular complexity index is 694. The van der Waals surface area contributed by atoms with Gasteiger partial charge in [0.25, 0.3) is 5.91 Å². The minimum Gasteiger partial charge on any atom is -0.497 e. The van der Waals surface area contributed by atoms with Crippen molar-refractivity contribution in [1.82, 2.24) is 4.90 Å². The van der Waals surface area contributed by atoms with E-state index in [9.17, 15) is 14.3 Å². The zero-order valence-electron chi connectivity index (χ0n) is 12.1. The number of nitrogens with zero attached hydrogens (tertiary/aromatic N) is 1. The van der Waals surface area contributed by atoms with Crippen molar-refractivity contribution < 1.29 is 19.0 Å². The van der Waals surface area contributed by atoms with E-state index in [4.69, 9.17) is 4.74 Å². The van der Waals surface area contributed by atoms with Gasteiger partial charge in [-0.15, -0.1) is 0 Å². The van der Waals surface area contributed by atoms with Crippen LogP contribution >= 0.6 is 0 Å². The summed E-state index contributed by atoms with van der Waals surface area (Å²) in [6, 6.07) is 11.8. The summed E-state index contributed by atoms with van der Waals surface area (Å²) in [6.07, 6.45) is -0.495. The average Bonchev–Trinajstić information content (AvgIpc) is 2.51. The van der Waals surface area contributed by atoms with E-state index in [1.807, 2.05) is 12.1 Å². The van der Waals surface area contributed by atoms with E-state index in [-0.39, 0.29) is 24.6 Å². The van der Waals surface area contributed by atoms with Crippen LogP contribution in [-0.4, -0.2) is 42.2 Å². The number of hydrogen-bond donors (Lipinski definition) is 1. The third kappa shape index (κ3) is 2.67. The van der Waals surface area contributed by atoms with E-state index in [0.29, 0.717) is 5.56 Å². The first kappa shape index (κ1) is 14.5. The number of β-amino-alcohol motifs (C(OH)–C–C–N with tert-alkyl or cyclic N) is 1. The Morgan fingerprint density at radius 3 is 2.36 bits per heavy atom. The first-order valence-corrected chi connectivity index (χ1v) is 7.00. The van der Waals surface area contributed by atoms with Crippen LogP contribution in [0.4, 0.5) is 4.39 Å². The van der Waals surface area contributed by atoms with Gasteiger partial charge in [-0.1, -0.05) is 18.2 Å². The molecule has 0 unspecified atom stereocenters. The summed E-state index contributed by atoms with van der Waals surface area (Å²) in [7, 11) is 1.59. The molecule has 22 heavy (non-hydrogen) atoms. The summed E-state index contributed by atoms with van der Waals surface area (Å²) < 4.78 is 19.3. The van der Waals surface area contributed by atoms with Crippen molar-refractivity contribution in [3.63, 3.8) is 0 Å². The number of amides is 1. The Balaban J connectivity index is 1.83. The number of likely N-dealkylation sites (tertiary alicyclic amines) is 1. The second-order valence-corrected chi connectivity index (χ2v) is 5.29. The number of carbonyl (C=O) groups excluding carboxylic acids is 1. The van der Waals surface area contributed by atoms with Gasteiger partial charge in [0, 0.05) is 13.1 Å². The molecule has 5 heteroatoms. The molecule has 0 bridgehead atoms. The fraction of sp³-hybridized carbons (Fsp3) is 0.235. The minimum absolute atomic E-state index is 0.0316. The molecule has 1 N–H and O–H groups in total. The molecule has 0 radical (unpaired) electrons. The molecule has 1 heterocycles. The maximum Gasteiger partial charge on any atom is 0.257 e. The quantitative estimate of drug-likeness (QED) is 0.946. The van der Waals surface area contributed by atoms with E-state index < -0.39 is 11.9 Å². The predicted octanol–water partition coefficient (Wildman–Crippen LogP) is 2.32. The molecule has 1 aliphatic heterocycles. The van der Waals surface area contributed by atoms with Crippen molar-refractivity contribution in [2.75, 3.05) is 20.2 Å². The van der Waals surface area contributed by atoms with Gasteiger partial charge in [0.1, 0.15) is 11.6 Å².